The molecule has 8 heteroatoms. The molecule has 0 spiro atoms. The highest BCUT2D eigenvalue weighted by Gasteiger charge is 2.44. The van der Waals surface area contributed by atoms with Crippen LogP contribution >= 0.6 is 0 Å². The van der Waals surface area contributed by atoms with E-state index in [1.807, 2.05) is 12.2 Å². The fourth-order valence-electron chi connectivity index (χ4n) is 2.43. The van der Waals surface area contributed by atoms with Crippen LogP contribution in [0.15, 0.2) is 0 Å². The van der Waals surface area contributed by atoms with Gasteiger partial charge in [-0.05, 0) is 19.3 Å². The van der Waals surface area contributed by atoms with Gasteiger partial charge in [0.15, 0.2) is 0 Å². The minimum Gasteiger partial charge on any atom is -0.341 e. The van der Waals surface area contributed by atoms with Gasteiger partial charge in [0.05, 0.1) is 0 Å². The van der Waals surface area contributed by atoms with E-state index in [1.54, 1.807) is 11.8 Å². The van der Waals surface area contributed by atoms with Crippen LogP contribution in [0.25, 0.3) is 0 Å². The summed E-state index contributed by atoms with van der Waals surface area (Å²) < 4.78 is 39.2. The molecule has 1 fully saturated rings. The van der Waals surface area contributed by atoms with Crippen LogP contribution in [0.5, 0.6) is 0 Å². The van der Waals surface area contributed by atoms with Gasteiger partial charge in [-0.15, -0.1) is 0 Å². The Labute approximate surface area is 128 Å². The average Bonchev–Trinajstić information content (AvgIpc) is 2.63. The van der Waals surface area contributed by atoms with E-state index in [9.17, 15) is 22.8 Å². The Morgan fingerprint density at radius 2 is 1.95 bits per heavy atom. The molecule has 0 radical (unpaired) electrons. The average molecular weight is 323 g/mol. The Morgan fingerprint density at radius 3 is 2.45 bits per heavy atom. The molecule has 0 aromatic heterocycles. The maximum Gasteiger partial charge on any atom is 0.408 e. The number of alkyl halides is 3. The molecular formula is C14H24F3N3O2. The molecule has 5 nitrogen and oxygen atoms in total. The number of hydrogen-bond acceptors (Lipinski definition) is 2. The Hall–Kier alpha value is -1.47. The summed E-state index contributed by atoms with van der Waals surface area (Å²) in [6.07, 6.45) is -3.64. The summed E-state index contributed by atoms with van der Waals surface area (Å²) >= 11 is 0. The minimum absolute atomic E-state index is 0.176. The molecule has 1 heterocycles. The number of amides is 3. The zero-order valence-corrected chi connectivity index (χ0v) is 13.2. The largest absolute Gasteiger partial charge is 0.408 e. The number of urea groups is 1. The van der Waals surface area contributed by atoms with Crippen molar-refractivity contribution in [3.05, 3.63) is 0 Å². The van der Waals surface area contributed by atoms with Crippen molar-refractivity contribution in [2.24, 2.45) is 5.92 Å². The number of carbonyl (C=O) groups excluding carboxylic acids is 2. The van der Waals surface area contributed by atoms with Gasteiger partial charge in [-0.25, -0.2) is 4.79 Å². The van der Waals surface area contributed by atoms with E-state index in [1.165, 1.54) is 11.8 Å². The van der Waals surface area contributed by atoms with E-state index in [2.05, 4.69) is 0 Å². The minimum atomic E-state index is -4.50. The maximum absolute atomic E-state index is 13.1. The van der Waals surface area contributed by atoms with Crippen LogP contribution in [0.4, 0.5) is 18.0 Å². The smallest absolute Gasteiger partial charge is 0.341 e. The van der Waals surface area contributed by atoms with E-state index >= 15 is 0 Å². The summed E-state index contributed by atoms with van der Waals surface area (Å²) in [5.74, 6) is -0.957. The molecule has 1 aliphatic rings. The molecule has 3 amide bonds. The molecule has 0 bridgehead atoms. The first-order valence-corrected chi connectivity index (χ1v) is 7.60. The van der Waals surface area contributed by atoms with Gasteiger partial charge in [-0.1, -0.05) is 20.3 Å². The molecule has 1 N–H and O–H groups in total. The number of rotatable bonds is 4. The topological polar surface area (TPSA) is 52.7 Å². The normalized spacial score (nSPS) is 19.6. The van der Waals surface area contributed by atoms with Crippen LogP contribution in [0.1, 0.15) is 33.6 Å². The van der Waals surface area contributed by atoms with Crippen molar-refractivity contribution in [1.82, 2.24) is 15.1 Å². The standard InChI is InChI=1S/C14H24F3N3O2/c1-4-10(3)12(14(15,16)17)18-13(22)20-8-6-7-19(5-2)11(21)9-20/h10,12H,4-9H2,1-3H3,(H,18,22)/t10-,12+/m1/s1. The number of halogens is 3. The summed E-state index contributed by atoms with van der Waals surface area (Å²) in [6, 6.07) is -2.72. The molecule has 0 aromatic carbocycles. The van der Waals surface area contributed by atoms with Crippen molar-refractivity contribution >= 4 is 11.9 Å². The van der Waals surface area contributed by atoms with Gasteiger partial charge in [-0.3, -0.25) is 4.79 Å². The first-order valence-electron chi connectivity index (χ1n) is 7.60. The second kappa shape index (κ2) is 7.69. The second-order valence-electron chi connectivity index (χ2n) is 5.60. The van der Waals surface area contributed by atoms with Crippen LogP contribution in [-0.2, 0) is 4.79 Å². The molecule has 22 heavy (non-hydrogen) atoms. The molecule has 128 valence electrons. The predicted octanol–water partition coefficient (Wildman–Crippen LogP) is 2.23. The van der Waals surface area contributed by atoms with Gasteiger partial charge in [0.2, 0.25) is 5.91 Å². The van der Waals surface area contributed by atoms with Crippen LogP contribution in [0.3, 0.4) is 0 Å². The first-order chi connectivity index (χ1) is 10.2. The first kappa shape index (κ1) is 18.6. The van der Waals surface area contributed by atoms with Gasteiger partial charge in [0, 0.05) is 19.6 Å². The van der Waals surface area contributed by atoms with Crippen molar-refractivity contribution in [2.75, 3.05) is 26.2 Å². The third-order valence-corrected chi connectivity index (χ3v) is 4.05. The molecule has 2 atom stereocenters. The number of nitrogens with zero attached hydrogens (tertiary/aromatic N) is 2. The lowest BCUT2D eigenvalue weighted by atomic mass is 9.99. The molecule has 0 unspecified atom stereocenters. The molecule has 1 rings (SSSR count). The van der Waals surface area contributed by atoms with Gasteiger partial charge in [-0.2, -0.15) is 13.2 Å². The van der Waals surface area contributed by atoms with E-state index in [-0.39, 0.29) is 19.0 Å². The fourth-order valence-corrected chi connectivity index (χ4v) is 2.43. The third kappa shape index (κ3) is 4.78. The highest BCUT2D eigenvalue weighted by molar-refractivity contribution is 5.84. The quantitative estimate of drug-likeness (QED) is 0.862. The zero-order valence-electron chi connectivity index (χ0n) is 13.2. The lowest BCUT2D eigenvalue weighted by Gasteiger charge is -2.29. The third-order valence-electron chi connectivity index (χ3n) is 4.05. The lowest BCUT2D eigenvalue weighted by Crippen LogP contribution is -2.54. The highest BCUT2D eigenvalue weighted by Crippen LogP contribution is 2.27. The summed E-state index contributed by atoms with van der Waals surface area (Å²) in [6.45, 7) is 6.08. The molecule has 1 saturated heterocycles. The van der Waals surface area contributed by atoms with Crippen molar-refractivity contribution in [3.63, 3.8) is 0 Å². The van der Waals surface area contributed by atoms with E-state index in [0.717, 1.165) is 0 Å². The molecule has 1 aliphatic heterocycles. The van der Waals surface area contributed by atoms with E-state index in [4.69, 9.17) is 0 Å². The fraction of sp³-hybridized carbons (Fsp3) is 0.857. The van der Waals surface area contributed by atoms with Gasteiger partial charge >= 0.3 is 12.2 Å². The van der Waals surface area contributed by atoms with Crippen molar-refractivity contribution < 1.29 is 22.8 Å². The highest BCUT2D eigenvalue weighted by atomic mass is 19.4. The van der Waals surface area contributed by atoms with Crippen molar-refractivity contribution in [2.45, 2.75) is 45.8 Å². The summed E-state index contributed by atoms with van der Waals surface area (Å²) in [5.41, 5.74) is 0. The predicted molar refractivity (Wildman–Crippen MR) is 76.3 cm³/mol. The molecule has 0 aliphatic carbocycles. The Kier molecular flexibility index (Phi) is 6.49. The van der Waals surface area contributed by atoms with Gasteiger partial charge in [0.25, 0.3) is 0 Å². The van der Waals surface area contributed by atoms with Gasteiger partial charge in [0.1, 0.15) is 12.6 Å². The Bertz CT molecular complexity index is 401. The zero-order chi connectivity index (χ0) is 16.9. The van der Waals surface area contributed by atoms with Crippen molar-refractivity contribution in [3.8, 4) is 0 Å². The van der Waals surface area contributed by atoms with Crippen LogP contribution in [-0.4, -0.2) is 60.1 Å². The number of carbonyl (C=O) groups is 2. The number of nitrogens with one attached hydrogen (secondary N) is 1. The maximum atomic E-state index is 13.1. The molecule has 0 saturated carbocycles. The lowest BCUT2D eigenvalue weighted by molar-refractivity contribution is -0.164. The Balaban J connectivity index is 2.75. The van der Waals surface area contributed by atoms with Crippen LogP contribution in [0, 0.1) is 5.92 Å². The number of hydrogen-bond donors (Lipinski definition) is 1. The van der Waals surface area contributed by atoms with E-state index < -0.39 is 24.2 Å². The monoisotopic (exact) mass is 323 g/mol. The Morgan fingerprint density at radius 1 is 1.32 bits per heavy atom. The molecular weight excluding hydrogens is 299 g/mol. The summed E-state index contributed by atoms with van der Waals surface area (Å²) in [5, 5.41) is 2.05. The van der Waals surface area contributed by atoms with Crippen LogP contribution < -0.4 is 5.32 Å². The van der Waals surface area contributed by atoms with Gasteiger partial charge < -0.3 is 15.1 Å². The van der Waals surface area contributed by atoms with E-state index in [0.29, 0.717) is 25.9 Å². The summed E-state index contributed by atoms with van der Waals surface area (Å²) in [4.78, 5) is 26.8. The van der Waals surface area contributed by atoms with Crippen molar-refractivity contribution in [1.29, 1.82) is 0 Å². The summed E-state index contributed by atoms with van der Waals surface area (Å²) in [7, 11) is 0. The SMILES string of the molecule is CC[C@@H](C)[C@H](NC(=O)N1CCCN(CC)C(=O)C1)C(F)(F)F. The molecule has 0 aromatic rings. The number of likely N-dealkylation sites (N-methyl/N-ethyl adjacent to an activating group) is 1. The van der Waals surface area contributed by atoms with Crippen LogP contribution in [0.2, 0.25) is 0 Å². The second-order valence-corrected chi connectivity index (χ2v) is 5.60.